The molecule has 2 atom stereocenters. The van der Waals surface area contributed by atoms with Crippen LogP contribution in [0.4, 0.5) is 26.3 Å². The van der Waals surface area contributed by atoms with Gasteiger partial charge in [0, 0.05) is 25.7 Å². The fraction of sp³-hybridized carbons (Fsp3) is 0.320. The Morgan fingerprint density at radius 1 is 1.18 bits per heavy atom. The van der Waals surface area contributed by atoms with Crippen LogP contribution in [0.5, 0.6) is 0 Å². The fourth-order valence-corrected chi connectivity index (χ4v) is 5.64. The number of amides is 1. The third kappa shape index (κ3) is 7.32. The molecule has 0 unspecified atom stereocenters. The average Bonchev–Trinajstić information content (AvgIpc) is 3.18. The first-order valence-electron chi connectivity index (χ1n) is 11.4. The van der Waals surface area contributed by atoms with Crippen LogP contribution in [0.15, 0.2) is 63.5 Å². The lowest BCUT2D eigenvalue weighted by Gasteiger charge is -2.23. The summed E-state index contributed by atoms with van der Waals surface area (Å²) in [4.78, 5) is 18.7. The second-order valence-corrected chi connectivity index (χ2v) is 11.0. The van der Waals surface area contributed by atoms with Crippen LogP contribution in [0.2, 0.25) is 0 Å². The summed E-state index contributed by atoms with van der Waals surface area (Å²) in [5.74, 6) is -3.77. The van der Waals surface area contributed by atoms with Crippen molar-refractivity contribution in [2.75, 3.05) is 6.54 Å². The van der Waals surface area contributed by atoms with Gasteiger partial charge < -0.3 is 5.32 Å². The van der Waals surface area contributed by atoms with Gasteiger partial charge in [0.15, 0.2) is 0 Å². The SMILES string of the molecule is C=NC(=N/C=C(\C)c1cc(F)cc(CNC(=O)[C@@H]2C[C@@](C)(F)CN2S(=O)(=O)c2ccc(F)cc2)c1)C(F)(F)F. The van der Waals surface area contributed by atoms with E-state index in [1.165, 1.54) is 13.0 Å². The number of carbonyl (C=O) groups excluding carboxylic acids is 1. The van der Waals surface area contributed by atoms with E-state index >= 15 is 0 Å². The molecule has 1 N–H and O–H groups in total. The number of amidine groups is 1. The number of benzene rings is 2. The van der Waals surface area contributed by atoms with Crippen LogP contribution in [0.3, 0.4) is 0 Å². The maximum Gasteiger partial charge on any atom is 0.451 e. The number of hydrogen-bond acceptors (Lipinski definition) is 4. The van der Waals surface area contributed by atoms with Gasteiger partial charge >= 0.3 is 6.18 Å². The zero-order valence-corrected chi connectivity index (χ0v) is 21.6. The highest BCUT2D eigenvalue weighted by Crippen LogP contribution is 2.35. The first-order chi connectivity index (χ1) is 18.0. The van der Waals surface area contributed by atoms with Crippen molar-refractivity contribution < 1.29 is 39.6 Å². The second kappa shape index (κ2) is 11.3. The van der Waals surface area contributed by atoms with Crippen LogP contribution in [0.1, 0.15) is 31.4 Å². The van der Waals surface area contributed by atoms with Crippen LogP contribution in [0, 0.1) is 11.6 Å². The summed E-state index contributed by atoms with van der Waals surface area (Å²) in [6, 6.07) is 5.92. The number of allylic oxidation sites excluding steroid dienone is 1. The number of nitrogens with one attached hydrogen (secondary N) is 1. The summed E-state index contributed by atoms with van der Waals surface area (Å²) in [6.45, 7) is 4.44. The van der Waals surface area contributed by atoms with Crippen molar-refractivity contribution in [3.05, 3.63) is 71.4 Å². The van der Waals surface area contributed by atoms with Gasteiger partial charge in [-0.15, -0.1) is 0 Å². The van der Waals surface area contributed by atoms with Crippen molar-refractivity contribution in [3.63, 3.8) is 0 Å². The van der Waals surface area contributed by atoms with Crippen molar-refractivity contribution in [3.8, 4) is 0 Å². The Morgan fingerprint density at radius 2 is 1.82 bits per heavy atom. The first-order valence-corrected chi connectivity index (χ1v) is 12.8. The number of aliphatic imine (C=N–C) groups is 2. The van der Waals surface area contributed by atoms with Crippen molar-refractivity contribution in [2.24, 2.45) is 9.98 Å². The molecule has 3 rings (SSSR count). The molecule has 0 aliphatic carbocycles. The Morgan fingerprint density at radius 3 is 2.41 bits per heavy atom. The molecule has 1 aliphatic rings. The van der Waals surface area contributed by atoms with E-state index in [0.717, 1.165) is 49.5 Å². The number of hydrogen-bond donors (Lipinski definition) is 1. The van der Waals surface area contributed by atoms with Gasteiger partial charge in [-0.1, -0.05) is 0 Å². The number of halogens is 6. The summed E-state index contributed by atoms with van der Waals surface area (Å²) in [5, 5.41) is 2.46. The van der Waals surface area contributed by atoms with E-state index in [1.807, 2.05) is 0 Å². The van der Waals surface area contributed by atoms with Crippen molar-refractivity contribution >= 4 is 34.1 Å². The smallest absolute Gasteiger partial charge is 0.351 e. The molecule has 2 aromatic rings. The number of nitrogens with zero attached hydrogens (tertiary/aromatic N) is 3. The average molecular weight is 575 g/mol. The molecule has 0 bridgehead atoms. The quantitative estimate of drug-likeness (QED) is 0.293. The minimum atomic E-state index is -4.83. The normalized spacial score (nSPS) is 21.2. The zero-order valence-electron chi connectivity index (χ0n) is 20.8. The molecule has 2 aromatic carbocycles. The molecule has 0 saturated carbocycles. The summed E-state index contributed by atoms with van der Waals surface area (Å²) >= 11 is 0. The molecule has 210 valence electrons. The third-order valence-corrected chi connectivity index (χ3v) is 7.71. The molecule has 14 heteroatoms. The molecule has 1 aliphatic heterocycles. The van der Waals surface area contributed by atoms with E-state index < -0.39 is 64.3 Å². The molecule has 1 heterocycles. The molecule has 0 spiro atoms. The Hall–Kier alpha value is -3.52. The lowest BCUT2D eigenvalue weighted by Crippen LogP contribution is -2.45. The minimum Gasteiger partial charge on any atom is -0.351 e. The lowest BCUT2D eigenvalue weighted by molar-refractivity contribution is -0.124. The van der Waals surface area contributed by atoms with Gasteiger partial charge in [-0.05, 0) is 79.7 Å². The van der Waals surface area contributed by atoms with Gasteiger partial charge in [0.1, 0.15) is 23.3 Å². The highest BCUT2D eigenvalue weighted by molar-refractivity contribution is 7.89. The molecule has 1 saturated heterocycles. The molecular formula is C25H24F6N4O3S. The number of alkyl halides is 4. The second-order valence-electron chi connectivity index (χ2n) is 9.12. The number of rotatable bonds is 7. The van der Waals surface area contributed by atoms with Gasteiger partial charge in [0.2, 0.25) is 21.8 Å². The van der Waals surface area contributed by atoms with Crippen molar-refractivity contribution in [1.82, 2.24) is 9.62 Å². The molecule has 39 heavy (non-hydrogen) atoms. The summed E-state index contributed by atoms with van der Waals surface area (Å²) in [5.41, 5.74) is -1.53. The predicted octanol–water partition coefficient (Wildman–Crippen LogP) is 4.79. The van der Waals surface area contributed by atoms with Crippen LogP contribution in [-0.2, 0) is 21.4 Å². The highest BCUT2D eigenvalue weighted by atomic mass is 32.2. The Kier molecular flexibility index (Phi) is 8.70. The Balaban J connectivity index is 1.80. The van der Waals surface area contributed by atoms with Gasteiger partial charge in [-0.2, -0.15) is 17.5 Å². The van der Waals surface area contributed by atoms with Gasteiger partial charge in [0.05, 0.1) is 4.90 Å². The van der Waals surface area contributed by atoms with E-state index in [4.69, 9.17) is 0 Å². The fourth-order valence-electron chi connectivity index (χ4n) is 3.95. The summed E-state index contributed by atoms with van der Waals surface area (Å²) in [6.07, 6.45) is -4.44. The molecule has 1 amide bonds. The molecule has 0 radical (unpaired) electrons. The van der Waals surface area contributed by atoms with Crippen LogP contribution in [0.25, 0.3) is 5.57 Å². The Labute approximate surface area is 221 Å². The molecule has 1 fully saturated rings. The minimum absolute atomic E-state index is 0.146. The number of carbonyl (C=O) groups is 1. The largest absolute Gasteiger partial charge is 0.451 e. The van der Waals surface area contributed by atoms with Crippen molar-refractivity contribution in [2.45, 2.75) is 49.6 Å². The van der Waals surface area contributed by atoms with E-state index in [2.05, 4.69) is 22.0 Å². The van der Waals surface area contributed by atoms with E-state index in [0.29, 0.717) is 4.31 Å². The topological polar surface area (TPSA) is 91.2 Å². The molecule has 7 nitrogen and oxygen atoms in total. The first kappa shape index (κ1) is 30.0. The summed E-state index contributed by atoms with van der Waals surface area (Å²) in [7, 11) is -4.36. The third-order valence-electron chi connectivity index (χ3n) is 5.84. The lowest BCUT2D eigenvalue weighted by atomic mass is 10.0. The maximum absolute atomic E-state index is 14.9. The zero-order chi connectivity index (χ0) is 29.2. The van der Waals surface area contributed by atoms with Gasteiger partial charge in [0.25, 0.3) is 0 Å². The van der Waals surface area contributed by atoms with Gasteiger partial charge in [-0.25, -0.2) is 31.6 Å². The number of sulfonamides is 1. The van der Waals surface area contributed by atoms with E-state index in [-0.39, 0.29) is 28.1 Å². The van der Waals surface area contributed by atoms with Crippen LogP contribution < -0.4 is 5.32 Å². The Bertz CT molecular complexity index is 1420. The predicted molar refractivity (Wildman–Crippen MR) is 133 cm³/mol. The van der Waals surface area contributed by atoms with Crippen LogP contribution in [-0.4, -0.2) is 55.6 Å². The van der Waals surface area contributed by atoms with E-state index in [9.17, 15) is 39.6 Å². The molecule has 0 aromatic heterocycles. The monoisotopic (exact) mass is 574 g/mol. The van der Waals surface area contributed by atoms with Crippen LogP contribution >= 0.6 is 0 Å². The van der Waals surface area contributed by atoms with Gasteiger partial charge in [-0.3, -0.25) is 4.79 Å². The molecular weight excluding hydrogens is 550 g/mol. The standard InChI is InChI=1S/C25H24F6N4O3S/c1-15(12-34-23(32-3)25(29,30)31)17-8-16(9-19(27)10-17)13-33-22(36)21-11-24(2,28)14-35(21)39(37,38)20-6-4-18(26)5-7-20/h4-10,12,21H,3,11,13-14H2,1-2H3,(H,33,36)/b15-12+,34-23?/t21-,24+/m0/s1. The van der Waals surface area contributed by atoms with E-state index in [1.54, 1.807) is 0 Å². The van der Waals surface area contributed by atoms with Crippen molar-refractivity contribution in [1.29, 1.82) is 0 Å². The highest BCUT2D eigenvalue weighted by Gasteiger charge is 2.49. The maximum atomic E-state index is 14.9. The summed E-state index contributed by atoms with van der Waals surface area (Å²) < 4.78 is 108.